The predicted molar refractivity (Wildman–Crippen MR) is 109 cm³/mol. The number of carbonyl (C=O) groups excluding carboxylic acids is 2. The first-order valence-electron chi connectivity index (χ1n) is 10.2. The molecule has 29 heavy (non-hydrogen) atoms. The number of pyridine rings is 1. The molecule has 1 aromatic heterocycles. The van der Waals surface area contributed by atoms with Crippen LogP contribution in [0.25, 0.3) is 0 Å². The Labute approximate surface area is 170 Å². The zero-order valence-corrected chi connectivity index (χ0v) is 16.9. The Bertz CT molecular complexity index is 1010. The van der Waals surface area contributed by atoms with Crippen molar-refractivity contribution in [1.82, 2.24) is 9.47 Å². The van der Waals surface area contributed by atoms with E-state index < -0.39 is 0 Å². The highest BCUT2D eigenvalue weighted by Crippen LogP contribution is 2.33. The molecule has 2 aromatic rings. The molecule has 0 spiro atoms. The summed E-state index contributed by atoms with van der Waals surface area (Å²) in [7, 11) is 1.38. The molecule has 2 fully saturated rings. The highest BCUT2D eigenvalue weighted by atomic mass is 16.5. The van der Waals surface area contributed by atoms with Gasteiger partial charge in [-0.25, -0.2) is 4.79 Å². The van der Waals surface area contributed by atoms with Gasteiger partial charge in [-0.1, -0.05) is 18.2 Å². The van der Waals surface area contributed by atoms with Gasteiger partial charge in [0.15, 0.2) is 0 Å². The van der Waals surface area contributed by atoms with E-state index in [1.165, 1.54) is 7.11 Å². The summed E-state index contributed by atoms with van der Waals surface area (Å²) < 4.78 is 6.59. The van der Waals surface area contributed by atoms with E-state index in [-0.39, 0.29) is 29.4 Å². The zero-order valence-electron chi connectivity index (χ0n) is 16.9. The average molecular weight is 394 g/mol. The molecule has 0 radical (unpaired) electrons. The van der Waals surface area contributed by atoms with E-state index in [0.29, 0.717) is 30.6 Å². The molecule has 6 heteroatoms. The van der Waals surface area contributed by atoms with Crippen LogP contribution in [-0.4, -0.2) is 41.5 Å². The number of rotatable bonds is 5. The molecule has 2 aliphatic rings. The number of hydrogen-bond donors (Lipinski definition) is 0. The van der Waals surface area contributed by atoms with Crippen molar-refractivity contribution in [2.24, 2.45) is 5.92 Å². The third-order valence-electron chi connectivity index (χ3n) is 5.99. The first-order chi connectivity index (χ1) is 14.0. The number of likely N-dealkylation sites (tertiary alicyclic amines) is 1. The first-order valence-corrected chi connectivity index (χ1v) is 10.2. The zero-order chi connectivity index (χ0) is 20.5. The first kappa shape index (κ1) is 19.4. The van der Waals surface area contributed by atoms with Gasteiger partial charge in [0.2, 0.25) is 0 Å². The number of hydrogen-bond acceptors (Lipinski definition) is 4. The molecule has 2 heterocycles. The van der Waals surface area contributed by atoms with Crippen molar-refractivity contribution in [3.63, 3.8) is 0 Å². The molecular weight excluding hydrogens is 368 g/mol. The Morgan fingerprint density at radius 1 is 1.14 bits per heavy atom. The maximum Gasteiger partial charge on any atom is 0.338 e. The van der Waals surface area contributed by atoms with E-state index in [1.54, 1.807) is 15.5 Å². The van der Waals surface area contributed by atoms with Crippen molar-refractivity contribution in [2.45, 2.75) is 38.6 Å². The number of esters is 1. The predicted octanol–water partition coefficient (Wildman–Crippen LogP) is 2.98. The molecule has 1 atom stereocenters. The number of methoxy groups -OCH3 is 1. The lowest BCUT2D eigenvalue weighted by Gasteiger charge is -2.19. The summed E-state index contributed by atoms with van der Waals surface area (Å²) in [6.45, 7) is 3.04. The van der Waals surface area contributed by atoms with Crippen molar-refractivity contribution in [3.8, 4) is 0 Å². The summed E-state index contributed by atoms with van der Waals surface area (Å²) in [5, 5.41) is 0. The number of ether oxygens (including phenoxy) is 1. The highest BCUT2D eigenvalue weighted by molar-refractivity contribution is 5.95. The molecule has 1 saturated heterocycles. The number of carbonyl (C=O) groups is 2. The van der Waals surface area contributed by atoms with Crippen LogP contribution in [0.5, 0.6) is 0 Å². The molecule has 6 nitrogen and oxygen atoms in total. The lowest BCUT2D eigenvalue weighted by atomic mass is 9.95. The number of nitrogens with zero attached hydrogens (tertiary/aromatic N) is 2. The fraction of sp³-hybridized carbons (Fsp3) is 0.435. The monoisotopic (exact) mass is 394 g/mol. The van der Waals surface area contributed by atoms with E-state index in [4.69, 9.17) is 4.74 Å². The normalized spacial score (nSPS) is 18.7. The number of benzene rings is 1. The van der Waals surface area contributed by atoms with Gasteiger partial charge in [-0.2, -0.15) is 0 Å². The Hall–Kier alpha value is -2.89. The molecule has 1 saturated carbocycles. The van der Waals surface area contributed by atoms with E-state index >= 15 is 0 Å². The molecule has 1 unspecified atom stereocenters. The number of amides is 1. The van der Waals surface area contributed by atoms with Gasteiger partial charge >= 0.3 is 5.97 Å². The lowest BCUT2D eigenvalue weighted by Crippen LogP contribution is -2.36. The summed E-state index contributed by atoms with van der Waals surface area (Å²) in [4.78, 5) is 39.8. The van der Waals surface area contributed by atoms with Crippen LogP contribution in [0.4, 0.5) is 0 Å². The van der Waals surface area contributed by atoms with Crippen LogP contribution in [0.3, 0.4) is 0 Å². The van der Waals surface area contributed by atoms with Crippen LogP contribution >= 0.6 is 0 Å². The topological polar surface area (TPSA) is 68.6 Å². The summed E-state index contributed by atoms with van der Waals surface area (Å²) in [5.74, 6) is -0.266. The summed E-state index contributed by atoms with van der Waals surface area (Å²) in [6.07, 6.45) is 5.37. The van der Waals surface area contributed by atoms with E-state index in [0.717, 1.165) is 30.4 Å². The standard InChI is InChI=1S/C23H26N2O4/c1-15-9-12-25(18-7-8-18)22(27)20(15)21(26)24-11-10-16(14-24)13-17-5-3-4-6-19(17)23(28)29-2/h3-6,9,12,16,18H,7-8,10-11,13-14H2,1-2H3. The number of aromatic nitrogens is 1. The Morgan fingerprint density at radius 2 is 1.90 bits per heavy atom. The molecule has 1 aromatic carbocycles. The van der Waals surface area contributed by atoms with Crippen molar-refractivity contribution < 1.29 is 14.3 Å². The Morgan fingerprint density at radius 3 is 2.62 bits per heavy atom. The average Bonchev–Trinajstić information content (AvgIpc) is 3.45. The molecule has 1 aliphatic heterocycles. The SMILES string of the molecule is COC(=O)c1ccccc1CC1CCN(C(=O)c2c(C)ccn(C3CC3)c2=O)C1. The smallest absolute Gasteiger partial charge is 0.338 e. The molecule has 0 N–H and O–H groups in total. The second-order valence-corrected chi connectivity index (χ2v) is 8.08. The summed E-state index contributed by atoms with van der Waals surface area (Å²) in [5.41, 5.74) is 2.38. The lowest BCUT2D eigenvalue weighted by molar-refractivity contribution is 0.0598. The second-order valence-electron chi connectivity index (χ2n) is 8.08. The van der Waals surface area contributed by atoms with Gasteiger partial charge in [-0.15, -0.1) is 0 Å². The third-order valence-corrected chi connectivity index (χ3v) is 5.99. The molecular formula is C23H26N2O4. The van der Waals surface area contributed by atoms with Gasteiger partial charge in [0.25, 0.3) is 11.5 Å². The van der Waals surface area contributed by atoms with Gasteiger partial charge in [0.05, 0.1) is 12.7 Å². The molecule has 4 rings (SSSR count). The van der Waals surface area contributed by atoms with E-state index in [2.05, 4.69) is 0 Å². The maximum atomic E-state index is 13.1. The van der Waals surface area contributed by atoms with Gasteiger partial charge in [0.1, 0.15) is 5.56 Å². The van der Waals surface area contributed by atoms with Crippen LogP contribution in [0.15, 0.2) is 41.3 Å². The minimum absolute atomic E-state index is 0.169. The minimum Gasteiger partial charge on any atom is -0.465 e. The van der Waals surface area contributed by atoms with Gasteiger partial charge < -0.3 is 14.2 Å². The van der Waals surface area contributed by atoms with Crippen LogP contribution < -0.4 is 5.56 Å². The highest BCUT2D eigenvalue weighted by Gasteiger charge is 2.32. The molecule has 1 aliphatic carbocycles. The van der Waals surface area contributed by atoms with Crippen LogP contribution in [0, 0.1) is 12.8 Å². The molecule has 152 valence electrons. The molecule has 1 amide bonds. The summed E-state index contributed by atoms with van der Waals surface area (Å²) in [6, 6.07) is 9.55. The van der Waals surface area contributed by atoms with Crippen LogP contribution in [0.2, 0.25) is 0 Å². The fourth-order valence-corrected chi connectivity index (χ4v) is 4.20. The van der Waals surface area contributed by atoms with E-state index in [1.807, 2.05) is 37.4 Å². The van der Waals surface area contributed by atoms with Gasteiger partial charge in [-0.05, 0) is 61.8 Å². The Balaban J connectivity index is 1.50. The second kappa shape index (κ2) is 7.85. The van der Waals surface area contributed by atoms with Gasteiger partial charge in [-0.3, -0.25) is 9.59 Å². The van der Waals surface area contributed by atoms with Crippen LogP contribution in [0.1, 0.15) is 57.1 Å². The largest absolute Gasteiger partial charge is 0.465 e. The van der Waals surface area contributed by atoms with Crippen molar-refractivity contribution >= 4 is 11.9 Å². The summed E-state index contributed by atoms with van der Waals surface area (Å²) >= 11 is 0. The van der Waals surface area contributed by atoms with Crippen molar-refractivity contribution in [1.29, 1.82) is 0 Å². The maximum absolute atomic E-state index is 13.1. The molecule has 0 bridgehead atoms. The van der Waals surface area contributed by atoms with Crippen molar-refractivity contribution in [3.05, 3.63) is 69.1 Å². The third kappa shape index (κ3) is 3.84. The van der Waals surface area contributed by atoms with Gasteiger partial charge in [0, 0.05) is 25.3 Å². The van der Waals surface area contributed by atoms with Crippen LogP contribution in [-0.2, 0) is 11.2 Å². The quantitative estimate of drug-likeness (QED) is 0.731. The number of aryl methyl sites for hydroxylation is 1. The minimum atomic E-state index is -0.341. The fourth-order valence-electron chi connectivity index (χ4n) is 4.20. The van der Waals surface area contributed by atoms with E-state index in [9.17, 15) is 14.4 Å². The Kier molecular flexibility index (Phi) is 5.26. The van der Waals surface area contributed by atoms with Crippen molar-refractivity contribution in [2.75, 3.05) is 20.2 Å².